The van der Waals surface area contributed by atoms with E-state index in [9.17, 15) is 4.79 Å². The number of amides is 1. The topological polar surface area (TPSA) is 56.4 Å². The molecule has 5 atom stereocenters. The van der Waals surface area contributed by atoms with E-state index in [1.807, 2.05) is 30.1 Å². The van der Waals surface area contributed by atoms with E-state index in [0.717, 1.165) is 12.8 Å². The van der Waals surface area contributed by atoms with Crippen LogP contribution in [0.25, 0.3) is 0 Å². The van der Waals surface area contributed by atoms with Gasteiger partial charge < -0.3 is 10.2 Å². The van der Waals surface area contributed by atoms with Gasteiger partial charge in [-0.2, -0.15) is 0 Å². The van der Waals surface area contributed by atoms with Crippen LogP contribution in [0.2, 0.25) is 0 Å². The van der Waals surface area contributed by atoms with Crippen LogP contribution in [0.3, 0.4) is 0 Å². The maximum Gasteiger partial charge on any atom is 0.242 e. The van der Waals surface area contributed by atoms with E-state index in [0.29, 0.717) is 18.1 Å². The van der Waals surface area contributed by atoms with Gasteiger partial charge in [-0.3, -0.25) is 4.79 Å². The molecule has 4 rings (SSSR count). The van der Waals surface area contributed by atoms with Gasteiger partial charge >= 0.3 is 0 Å². The van der Waals surface area contributed by atoms with Crippen LogP contribution in [0.5, 0.6) is 0 Å². The number of halogens is 2. The van der Waals surface area contributed by atoms with Gasteiger partial charge in [0.15, 0.2) is 0 Å². The largest absolute Gasteiger partial charge is 0.341 e. The van der Waals surface area contributed by atoms with Crippen LogP contribution in [-0.4, -0.2) is 46.8 Å². The van der Waals surface area contributed by atoms with Gasteiger partial charge in [-0.25, -0.2) is 10.9 Å². The fourth-order valence-electron chi connectivity index (χ4n) is 4.40. The summed E-state index contributed by atoms with van der Waals surface area (Å²) in [6, 6.07) is 11.6. The Labute approximate surface area is 163 Å². The molecule has 0 radical (unpaired) electrons. The Bertz CT molecular complexity index is 592. The molecule has 0 saturated carbocycles. The van der Waals surface area contributed by atoms with Gasteiger partial charge in [0.25, 0.3) is 0 Å². The highest BCUT2D eigenvalue weighted by molar-refractivity contribution is 9.09. The predicted octanol–water partition coefficient (Wildman–Crippen LogP) is 2.13. The molecule has 3 heterocycles. The number of carbonyl (C=O) groups is 1. The van der Waals surface area contributed by atoms with Crippen molar-refractivity contribution < 1.29 is 4.79 Å². The van der Waals surface area contributed by atoms with Gasteiger partial charge in [-0.1, -0.05) is 46.3 Å². The minimum atomic E-state index is -0.243. The van der Waals surface area contributed by atoms with Gasteiger partial charge in [-0.15, -0.1) is 12.4 Å². The zero-order chi connectivity index (χ0) is 16.7. The summed E-state index contributed by atoms with van der Waals surface area (Å²) in [5.41, 5.74) is 7.68. The lowest BCUT2D eigenvalue weighted by Gasteiger charge is -2.37. The number of hydrogen-bond acceptors (Lipinski definition) is 4. The number of nitrogens with one attached hydrogen (secondary N) is 3. The van der Waals surface area contributed by atoms with Crippen LogP contribution in [0.4, 0.5) is 0 Å². The summed E-state index contributed by atoms with van der Waals surface area (Å²) in [6.45, 7) is 0. The highest BCUT2D eigenvalue weighted by Gasteiger charge is 2.43. The van der Waals surface area contributed by atoms with Crippen molar-refractivity contribution in [3.05, 3.63) is 35.9 Å². The molecule has 3 aliphatic rings. The molecule has 7 heteroatoms. The molecule has 5 unspecified atom stereocenters. The number of carbonyl (C=O) groups excluding carboxylic acids is 1. The number of alkyl halides is 1. The van der Waals surface area contributed by atoms with E-state index in [2.05, 4.69) is 44.2 Å². The number of hydrogen-bond donors (Lipinski definition) is 3. The van der Waals surface area contributed by atoms with Crippen molar-refractivity contribution in [3.8, 4) is 0 Å². The summed E-state index contributed by atoms with van der Waals surface area (Å²) < 4.78 is 0. The molecule has 0 spiro atoms. The molecule has 0 aromatic heterocycles. The van der Waals surface area contributed by atoms with Gasteiger partial charge in [-0.05, 0) is 31.2 Å². The van der Waals surface area contributed by atoms with Crippen LogP contribution in [0.1, 0.15) is 37.3 Å². The molecule has 1 aromatic carbocycles. The lowest BCUT2D eigenvalue weighted by Crippen LogP contribution is -2.54. The third kappa shape index (κ3) is 3.74. The Kier molecular flexibility index (Phi) is 6.06. The zero-order valence-electron chi connectivity index (χ0n) is 14.3. The molecule has 1 amide bonds. The Morgan fingerprint density at radius 3 is 2.40 bits per heavy atom. The molecule has 25 heavy (non-hydrogen) atoms. The standard InChI is InChI=1S/C18H25BrN4O.ClH/c1-23(14-9-12-7-8-13(10-14)20-12)18(24)17-15(19)16(21-22-17)11-5-3-2-4-6-11;/h2-6,12-17,20-22H,7-10H2,1H3;1H. The molecule has 0 aliphatic carbocycles. The van der Waals surface area contributed by atoms with Crippen LogP contribution >= 0.6 is 28.3 Å². The minimum Gasteiger partial charge on any atom is -0.341 e. The molecule has 138 valence electrons. The third-order valence-electron chi connectivity index (χ3n) is 5.80. The van der Waals surface area contributed by atoms with Crippen molar-refractivity contribution in [1.29, 1.82) is 0 Å². The first-order valence-corrected chi connectivity index (χ1v) is 9.78. The second-order valence-electron chi connectivity index (χ2n) is 7.31. The fraction of sp³-hybridized carbons (Fsp3) is 0.611. The molecule has 3 saturated heterocycles. The van der Waals surface area contributed by atoms with Crippen molar-refractivity contribution in [1.82, 2.24) is 21.1 Å². The van der Waals surface area contributed by atoms with E-state index in [4.69, 9.17) is 0 Å². The van der Waals surface area contributed by atoms with E-state index < -0.39 is 0 Å². The Morgan fingerprint density at radius 1 is 1.12 bits per heavy atom. The Morgan fingerprint density at radius 2 is 1.76 bits per heavy atom. The number of likely N-dealkylation sites (N-methyl/N-ethyl adjacent to an activating group) is 1. The zero-order valence-corrected chi connectivity index (χ0v) is 16.7. The van der Waals surface area contributed by atoms with Crippen LogP contribution in [0, 0.1) is 0 Å². The molecular formula is C18H26BrClN4O. The van der Waals surface area contributed by atoms with Crippen molar-refractivity contribution >= 4 is 34.2 Å². The van der Waals surface area contributed by atoms with Gasteiger partial charge in [0.1, 0.15) is 6.04 Å². The molecule has 3 fully saturated rings. The average molecular weight is 430 g/mol. The SMILES string of the molecule is CN(C(=O)C1NNC(c2ccccc2)C1Br)C1CC2CCC(C1)N2.Cl. The fourth-order valence-corrected chi connectivity index (χ4v) is 5.20. The summed E-state index contributed by atoms with van der Waals surface area (Å²) in [5, 5.41) is 3.65. The molecule has 1 aromatic rings. The summed E-state index contributed by atoms with van der Waals surface area (Å²) in [7, 11) is 1.97. The Hall–Kier alpha value is -0.660. The van der Waals surface area contributed by atoms with E-state index in [-0.39, 0.29) is 35.2 Å². The quantitative estimate of drug-likeness (QED) is 0.644. The maximum atomic E-state index is 13.0. The minimum absolute atomic E-state index is 0. The van der Waals surface area contributed by atoms with Crippen molar-refractivity contribution in [2.75, 3.05) is 7.05 Å². The molecule has 5 nitrogen and oxygen atoms in total. The number of hydrazine groups is 1. The van der Waals surface area contributed by atoms with Gasteiger partial charge in [0, 0.05) is 25.2 Å². The smallest absolute Gasteiger partial charge is 0.242 e. The van der Waals surface area contributed by atoms with E-state index in [1.54, 1.807) is 0 Å². The number of piperidine rings is 1. The second kappa shape index (κ2) is 7.92. The summed E-state index contributed by atoms with van der Waals surface area (Å²) in [5.74, 6) is 0.175. The first-order valence-electron chi connectivity index (χ1n) is 8.86. The molecular weight excluding hydrogens is 404 g/mol. The van der Waals surface area contributed by atoms with E-state index >= 15 is 0 Å². The second-order valence-corrected chi connectivity index (χ2v) is 8.37. The number of benzene rings is 1. The first kappa shape index (κ1) is 19.1. The number of fused-ring (bicyclic) bond motifs is 2. The van der Waals surface area contributed by atoms with Crippen molar-refractivity contribution in [2.45, 2.75) is 60.7 Å². The highest BCUT2D eigenvalue weighted by Crippen LogP contribution is 2.32. The summed E-state index contributed by atoms with van der Waals surface area (Å²) >= 11 is 3.75. The predicted molar refractivity (Wildman–Crippen MR) is 105 cm³/mol. The molecule has 3 N–H and O–H groups in total. The van der Waals surface area contributed by atoms with E-state index in [1.165, 1.54) is 18.4 Å². The average Bonchev–Trinajstić information content (AvgIpc) is 3.16. The van der Waals surface area contributed by atoms with Crippen LogP contribution < -0.4 is 16.2 Å². The monoisotopic (exact) mass is 428 g/mol. The summed E-state index contributed by atoms with van der Waals surface area (Å²) in [4.78, 5) is 15.1. The molecule has 3 aliphatic heterocycles. The lowest BCUT2D eigenvalue weighted by atomic mass is 9.97. The van der Waals surface area contributed by atoms with Gasteiger partial charge in [0.2, 0.25) is 5.91 Å². The van der Waals surface area contributed by atoms with Gasteiger partial charge in [0.05, 0.1) is 10.9 Å². The van der Waals surface area contributed by atoms with Crippen molar-refractivity contribution in [2.24, 2.45) is 0 Å². The normalized spacial score (nSPS) is 36.7. The third-order valence-corrected chi connectivity index (χ3v) is 6.86. The number of nitrogens with zero attached hydrogens (tertiary/aromatic N) is 1. The Balaban J connectivity index is 0.00000182. The first-order chi connectivity index (χ1) is 11.6. The number of rotatable bonds is 3. The van der Waals surface area contributed by atoms with Crippen LogP contribution in [0.15, 0.2) is 30.3 Å². The molecule has 2 bridgehead atoms. The maximum absolute atomic E-state index is 13.0. The summed E-state index contributed by atoms with van der Waals surface area (Å²) in [6.07, 6.45) is 4.66. The lowest BCUT2D eigenvalue weighted by molar-refractivity contribution is -0.134. The van der Waals surface area contributed by atoms with Crippen LogP contribution in [-0.2, 0) is 4.79 Å². The van der Waals surface area contributed by atoms with Crippen molar-refractivity contribution in [3.63, 3.8) is 0 Å². The highest BCUT2D eigenvalue weighted by atomic mass is 79.9.